The van der Waals surface area contributed by atoms with E-state index in [4.69, 9.17) is 18.9 Å². The number of carbonyl (C=O) groups excluding carboxylic acids is 2. The summed E-state index contributed by atoms with van der Waals surface area (Å²) in [6, 6.07) is 14.8. The minimum atomic E-state index is -0.217. The van der Waals surface area contributed by atoms with Crippen LogP contribution in [0.15, 0.2) is 53.9 Å². The summed E-state index contributed by atoms with van der Waals surface area (Å²) in [6.45, 7) is 3.88. The number of aryl methyl sites for hydroxylation is 1. The number of carbonyl (C=O) groups is 2. The van der Waals surface area contributed by atoms with Crippen LogP contribution in [0.1, 0.15) is 32.8 Å². The fourth-order valence-corrected chi connectivity index (χ4v) is 5.11. The molecule has 2 amide bonds. The zero-order valence-electron chi connectivity index (χ0n) is 23.4. The molecule has 9 heteroatoms. The highest BCUT2D eigenvalue weighted by Crippen LogP contribution is 2.28. The minimum absolute atomic E-state index is 0.0316. The van der Waals surface area contributed by atoms with Crippen molar-refractivity contribution in [2.45, 2.75) is 26.3 Å². The molecule has 8 nitrogen and oxygen atoms in total. The van der Waals surface area contributed by atoms with Crippen LogP contribution in [-0.2, 0) is 22.5 Å². The van der Waals surface area contributed by atoms with Crippen LogP contribution >= 0.6 is 11.3 Å². The number of hydrogen-bond acceptors (Lipinski definition) is 7. The molecule has 39 heavy (non-hydrogen) atoms. The second-order valence-electron chi connectivity index (χ2n) is 9.09. The Kier molecular flexibility index (Phi) is 11.6. The van der Waals surface area contributed by atoms with Crippen molar-refractivity contribution in [2.24, 2.45) is 0 Å². The topological polar surface area (TPSA) is 77.5 Å². The van der Waals surface area contributed by atoms with Crippen LogP contribution in [0.25, 0.3) is 0 Å². The van der Waals surface area contributed by atoms with E-state index in [9.17, 15) is 9.59 Å². The minimum Gasteiger partial charge on any atom is -0.497 e. The molecule has 210 valence electrons. The summed E-state index contributed by atoms with van der Waals surface area (Å²) in [5.74, 6) is 1.57. The molecular formula is C30H38N2O6S. The van der Waals surface area contributed by atoms with Crippen molar-refractivity contribution < 1.29 is 28.5 Å². The van der Waals surface area contributed by atoms with E-state index in [1.807, 2.05) is 35.4 Å². The number of amides is 2. The third kappa shape index (κ3) is 8.46. The Labute approximate surface area is 235 Å². The van der Waals surface area contributed by atoms with Gasteiger partial charge < -0.3 is 28.7 Å². The molecule has 0 spiro atoms. The molecule has 0 saturated carbocycles. The van der Waals surface area contributed by atoms with E-state index in [0.29, 0.717) is 61.9 Å². The van der Waals surface area contributed by atoms with E-state index in [0.717, 1.165) is 16.0 Å². The lowest BCUT2D eigenvalue weighted by Crippen LogP contribution is -2.44. The van der Waals surface area contributed by atoms with Gasteiger partial charge in [-0.25, -0.2) is 0 Å². The lowest BCUT2D eigenvalue weighted by molar-refractivity contribution is -0.132. The van der Waals surface area contributed by atoms with Gasteiger partial charge in [-0.1, -0.05) is 12.1 Å². The molecule has 0 unspecified atom stereocenters. The van der Waals surface area contributed by atoms with Crippen molar-refractivity contribution in [3.63, 3.8) is 0 Å². The van der Waals surface area contributed by atoms with Crippen molar-refractivity contribution in [2.75, 3.05) is 54.7 Å². The summed E-state index contributed by atoms with van der Waals surface area (Å²) in [5, 5.41) is 2.03. The van der Waals surface area contributed by atoms with Crippen LogP contribution in [-0.4, -0.2) is 76.3 Å². The van der Waals surface area contributed by atoms with Crippen LogP contribution < -0.4 is 14.2 Å². The number of thiophene rings is 1. The number of rotatable bonds is 15. The molecule has 0 radical (unpaired) electrons. The van der Waals surface area contributed by atoms with Gasteiger partial charge in [0.25, 0.3) is 5.91 Å². The van der Waals surface area contributed by atoms with Gasteiger partial charge >= 0.3 is 0 Å². The zero-order valence-corrected chi connectivity index (χ0v) is 24.2. The van der Waals surface area contributed by atoms with E-state index in [1.54, 1.807) is 68.9 Å². The average molecular weight is 555 g/mol. The highest BCUT2D eigenvalue weighted by atomic mass is 32.1. The number of hydrogen-bond donors (Lipinski definition) is 0. The number of nitrogens with zero attached hydrogens (tertiary/aromatic N) is 2. The molecule has 1 heterocycles. The van der Waals surface area contributed by atoms with Gasteiger partial charge in [0.15, 0.2) is 11.5 Å². The lowest BCUT2D eigenvalue weighted by Gasteiger charge is -2.28. The summed E-state index contributed by atoms with van der Waals surface area (Å²) in [4.78, 5) is 31.8. The maximum Gasteiger partial charge on any atom is 0.254 e. The van der Waals surface area contributed by atoms with Gasteiger partial charge in [0.1, 0.15) is 12.3 Å². The fraction of sp³-hybridized carbons (Fsp3) is 0.400. The summed E-state index contributed by atoms with van der Waals surface area (Å²) in [7, 11) is 6.39. The zero-order chi connectivity index (χ0) is 28.2. The average Bonchev–Trinajstić information content (AvgIpc) is 3.37. The Morgan fingerprint density at radius 3 is 2.33 bits per heavy atom. The van der Waals surface area contributed by atoms with Gasteiger partial charge in [-0.3, -0.25) is 9.59 Å². The molecule has 0 atom stereocenters. The van der Waals surface area contributed by atoms with Crippen LogP contribution in [0.2, 0.25) is 0 Å². The van der Waals surface area contributed by atoms with E-state index in [-0.39, 0.29) is 18.4 Å². The Balaban J connectivity index is 1.81. The highest BCUT2D eigenvalue weighted by Gasteiger charge is 2.23. The second kappa shape index (κ2) is 15.1. The summed E-state index contributed by atoms with van der Waals surface area (Å²) < 4.78 is 21.3. The Morgan fingerprint density at radius 2 is 1.67 bits per heavy atom. The van der Waals surface area contributed by atoms with Crippen molar-refractivity contribution >= 4 is 23.2 Å². The first-order valence-corrected chi connectivity index (χ1v) is 13.7. The molecule has 0 aliphatic heterocycles. The predicted octanol–water partition coefficient (Wildman–Crippen LogP) is 4.83. The molecule has 3 aromatic rings. The summed E-state index contributed by atoms with van der Waals surface area (Å²) in [5.41, 5.74) is 2.65. The molecule has 0 N–H and O–H groups in total. The molecule has 2 aromatic carbocycles. The molecule has 1 aromatic heterocycles. The second-order valence-corrected chi connectivity index (χ2v) is 10.1. The van der Waals surface area contributed by atoms with Crippen molar-refractivity contribution in [1.82, 2.24) is 9.80 Å². The Morgan fingerprint density at radius 1 is 0.872 bits per heavy atom. The Bertz CT molecular complexity index is 1230. The van der Waals surface area contributed by atoms with Crippen LogP contribution in [0.5, 0.6) is 17.2 Å². The Hall–Kier alpha value is -3.56. The summed E-state index contributed by atoms with van der Waals surface area (Å²) >= 11 is 1.63. The number of benzene rings is 2. The fourth-order valence-electron chi connectivity index (χ4n) is 4.19. The lowest BCUT2D eigenvalue weighted by atomic mass is 10.1. The monoisotopic (exact) mass is 554 g/mol. The third-order valence-corrected chi connectivity index (χ3v) is 7.49. The maximum atomic E-state index is 13.8. The maximum absolute atomic E-state index is 13.8. The molecule has 0 aliphatic carbocycles. The van der Waals surface area contributed by atoms with Gasteiger partial charge in [-0.05, 0) is 72.7 Å². The van der Waals surface area contributed by atoms with Crippen molar-refractivity contribution in [3.05, 3.63) is 75.5 Å². The van der Waals surface area contributed by atoms with E-state index in [1.165, 1.54) is 0 Å². The van der Waals surface area contributed by atoms with Gasteiger partial charge in [0, 0.05) is 37.2 Å². The van der Waals surface area contributed by atoms with E-state index < -0.39 is 0 Å². The van der Waals surface area contributed by atoms with Gasteiger partial charge in [-0.15, -0.1) is 11.3 Å². The third-order valence-electron chi connectivity index (χ3n) is 6.48. The first-order valence-electron chi connectivity index (χ1n) is 12.8. The highest BCUT2D eigenvalue weighted by molar-refractivity contribution is 7.10. The molecule has 0 bridgehead atoms. The molecule has 0 saturated heterocycles. The standard InChI is InChI=1S/C30H38N2O6S/c1-22-13-17-39-28(22)20-31(15-12-23-10-11-26(37-4)27(18-23)38-5)29(33)21-32(14-7-16-35-2)30(34)24-8-6-9-25(19-24)36-3/h6,8-11,13,17-19H,7,12,14-16,20-21H2,1-5H3. The molecule has 0 aliphatic rings. The van der Waals surface area contributed by atoms with Crippen molar-refractivity contribution in [1.29, 1.82) is 0 Å². The SMILES string of the molecule is COCCCN(CC(=O)N(CCc1ccc(OC)c(OC)c1)Cc1sccc1C)C(=O)c1cccc(OC)c1. The van der Waals surface area contributed by atoms with Gasteiger partial charge in [0.05, 0.1) is 27.9 Å². The normalized spacial score (nSPS) is 10.7. The first-order chi connectivity index (χ1) is 18.9. The van der Waals surface area contributed by atoms with Gasteiger partial charge in [-0.2, -0.15) is 0 Å². The van der Waals surface area contributed by atoms with Gasteiger partial charge in [0.2, 0.25) is 5.91 Å². The first kappa shape index (κ1) is 30.0. The number of ether oxygens (including phenoxy) is 4. The molecule has 3 rings (SSSR count). The number of methoxy groups -OCH3 is 4. The smallest absolute Gasteiger partial charge is 0.254 e. The predicted molar refractivity (Wildman–Crippen MR) is 153 cm³/mol. The quantitative estimate of drug-likeness (QED) is 0.251. The van der Waals surface area contributed by atoms with Crippen molar-refractivity contribution in [3.8, 4) is 17.2 Å². The summed E-state index contributed by atoms with van der Waals surface area (Å²) in [6.07, 6.45) is 1.25. The van der Waals surface area contributed by atoms with Crippen LogP contribution in [0, 0.1) is 6.92 Å². The largest absolute Gasteiger partial charge is 0.497 e. The van der Waals surface area contributed by atoms with E-state index in [2.05, 4.69) is 6.07 Å². The van der Waals surface area contributed by atoms with E-state index >= 15 is 0 Å². The molecular weight excluding hydrogens is 516 g/mol. The molecule has 0 fully saturated rings. The van der Waals surface area contributed by atoms with Crippen LogP contribution in [0.3, 0.4) is 0 Å². The van der Waals surface area contributed by atoms with Crippen LogP contribution in [0.4, 0.5) is 0 Å².